The minimum atomic E-state index is -0.356. The highest BCUT2D eigenvalue weighted by molar-refractivity contribution is 5.91. The van der Waals surface area contributed by atoms with Crippen LogP contribution >= 0.6 is 0 Å². The topological polar surface area (TPSA) is 52.6 Å². The molecule has 0 saturated heterocycles. The van der Waals surface area contributed by atoms with Crippen molar-refractivity contribution < 1.29 is 19.1 Å². The maximum absolute atomic E-state index is 12.7. The van der Waals surface area contributed by atoms with Crippen molar-refractivity contribution in [1.82, 2.24) is 0 Å². The Balaban J connectivity index is 1.30. The Kier molecular flexibility index (Phi) is 17.1. The van der Waals surface area contributed by atoms with Crippen LogP contribution in [0.4, 0.5) is 0 Å². The van der Waals surface area contributed by atoms with Crippen molar-refractivity contribution in [2.45, 2.75) is 124 Å². The molecule has 3 aromatic rings. The molecule has 0 amide bonds. The first-order valence-corrected chi connectivity index (χ1v) is 17.7. The molecule has 0 spiro atoms. The fourth-order valence-corrected chi connectivity index (χ4v) is 5.43. The van der Waals surface area contributed by atoms with Gasteiger partial charge in [-0.25, -0.2) is 9.59 Å². The van der Waals surface area contributed by atoms with Gasteiger partial charge in [0.25, 0.3) is 0 Å². The molecule has 0 heterocycles. The van der Waals surface area contributed by atoms with Gasteiger partial charge in [-0.1, -0.05) is 147 Å². The first-order valence-electron chi connectivity index (χ1n) is 17.7. The molecule has 0 bridgehead atoms. The molecule has 3 aromatic carbocycles. The molecule has 1 unspecified atom stereocenters. The Labute approximate surface area is 272 Å². The lowest BCUT2D eigenvalue weighted by molar-refractivity contribution is 0.0447. The van der Waals surface area contributed by atoms with E-state index >= 15 is 0 Å². The van der Waals surface area contributed by atoms with E-state index in [1.165, 1.54) is 95.5 Å². The van der Waals surface area contributed by atoms with Gasteiger partial charge in [-0.3, -0.25) is 0 Å². The summed E-state index contributed by atoms with van der Waals surface area (Å²) in [6, 6.07) is 22.6. The molecular formula is C41H56O4. The van der Waals surface area contributed by atoms with Gasteiger partial charge >= 0.3 is 11.9 Å². The Hall–Kier alpha value is -3.40. The van der Waals surface area contributed by atoms with Crippen LogP contribution in [0.15, 0.2) is 72.8 Å². The minimum absolute atomic E-state index is 0.299. The van der Waals surface area contributed by atoms with Crippen LogP contribution in [0.2, 0.25) is 0 Å². The van der Waals surface area contributed by atoms with Crippen LogP contribution in [-0.4, -0.2) is 18.5 Å². The number of rotatable bonds is 22. The van der Waals surface area contributed by atoms with E-state index in [0.29, 0.717) is 29.4 Å². The monoisotopic (exact) mass is 612 g/mol. The minimum Gasteiger partial charge on any atom is -0.462 e. The molecule has 45 heavy (non-hydrogen) atoms. The molecule has 0 saturated carbocycles. The summed E-state index contributed by atoms with van der Waals surface area (Å²) in [5.74, 6) is 0.197. The van der Waals surface area contributed by atoms with Crippen molar-refractivity contribution >= 4 is 11.9 Å². The molecule has 3 rings (SSSR count). The highest BCUT2D eigenvalue weighted by atomic mass is 16.5. The molecule has 0 radical (unpaired) electrons. The van der Waals surface area contributed by atoms with Crippen molar-refractivity contribution in [3.63, 3.8) is 0 Å². The second-order valence-electron chi connectivity index (χ2n) is 12.6. The number of benzene rings is 3. The maximum Gasteiger partial charge on any atom is 0.343 e. The van der Waals surface area contributed by atoms with E-state index in [2.05, 4.69) is 20.8 Å². The number of aryl methyl sites for hydroxylation is 1. The van der Waals surface area contributed by atoms with Crippen molar-refractivity contribution in [3.8, 4) is 16.9 Å². The fourth-order valence-electron chi connectivity index (χ4n) is 5.43. The summed E-state index contributed by atoms with van der Waals surface area (Å²) < 4.78 is 11.0. The molecule has 244 valence electrons. The van der Waals surface area contributed by atoms with Crippen LogP contribution in [0.25, 0.3) is 11.1 Å². The lowest BCUT2D eigenvalue weighted by Gasteiger charge is -2.10. The average Bonchev–Trinajstić information content (AvgIpc) is 3.07. The largest absolute Gasteiger partial charge is 0.462 e. The highest BCUT2D eigenvalue weighted by Gasteiger charge is 2.11. The third kappa shape index (κ3) is 14.1. The Morgan fingerprint density at radius 1 is 0.556 bits per heavy atom. The predicted molar refractivity (Wildman–Crippen MR) is 187 cm³/mol. The first kappa shape index (κ1) is 36.1. The van der Waals surface area contributed by atoms with Gasteiger partial charge in [-0.2, -0.15) is 0 Å². The fraction of sp³-hybridized carbons (Fsp3) is 0.512. The zero-order valence-electron chi connectivity index (χ0n) is 28.2. The second-order valence-corrected chi connectivity index (χ2v) is 12.6. The van der Waals surface area contributed by atoms with Gasteiger partial charge in [0, 0.05) is 0 Å². The third-order valence-corrected chi connectivity index (χ3v) is 8.72. The molecular weight excluding hydrogens is 556 g/mol. The number of carbonyl (C=O) groups is 2. The van der Waals surface area contributed by atoms with Gasteiger partial charge in [0.15, 0.2) is 0 Å². The molecule has 0 aliphatic heterocycles. The summed E-state index contributed by atoms with van der Waals surface area (Å²) in [5.41, 5.74) is 4.31. The van der Waals surface area contributed by atoms with Crippen LogP contribution in [0, 0.1) is 5.92 Å². The van der Waals surface area contributed by atoms with Gasteiger partial charge in [0.1, 0.15) is 5.75 Å². The lowest BCUT2D eigenvalue weighted by Crippen LogP contribution is -2.11. The normalized spacial score (nSPS) is 11.7. The van der Waals surface area contributed by atoms with Crippen LogP contribution in [-0.2, 0) is 11.2 Å². The van der Waals surface area contributed by atoms with Crippen LogP contribution in [0.1, 0.15) is 143 Å². The van der Waals surface area contributed by atoms with Crippen LogP contribution < -0.4 is 4.74 Å². The molecule has 0 aliphatic rings. The summed E-state index contributed by atoms with van der Waals surface area (Å²) in [4.78, 5) is 25.0. The molecule has 4 heteroatoms. The smallest absolute Gasteiger partial charge is 0.343 e. The zero-order valence-corrected chi connectivity index (χ0v) is 28.2. The summed E-state index contributed by atoms with van der Waals surface area (Å²) in [6.45, 7) is 6.86. The summed E-state index contributed by atoms with van der Waals surface area (Å²) >= 11 is 0. The molecule has 0 aromatic heterocycles. The van der Waals surface area contributed by atoms with Gasteiger partial charge in [-0.15, -0.1) is 0 Å². The molecule has 1 atom stereocenters. The second kappa shape index (κ2) is 21.4. The lowest BCUT2D eigenvalue weighted by atomic mass is 10.0. The molecule has 0 fully saturated rings. The van der Waals surface area contributed by atoms with Gasteiger partial charge in [-0.05, 0) is 71.8 Å². The van der Waals surface area contributed by atoms with Crippen LogP contribution in [0.3, 0.4) is 0 Å². The number of hydrogen-bond donors (Lipinski definition) is 0. The van der Waals surface area contributed by atoms with E-state index in [9.17, 15) is 9.59 Å². The van der Waals surface area contributed by atoms with Crippen molar-refractivity contribution in [3.05, 3.63) is 89.5 Å². The summed E-state index contributed by atoms with van der Waals surface area (Å²) in [6.07, 6.45) is 21.2. The Morgan fingerprint density at radius 3 is 1.51 bits per heavy atom. The summed E-state index contributed by atoms with van der Waals surface area (Å²) in [5, 5.41) is 0. The number of hydrogen-bond acceptors (Lipinski definition) is 4. The van der Waals surface area contributed by atoms with Gasteiger partial charge in [0.05, 0.1) is 17.7 Å². The third-order valence-electron chi connectivity index (χ3n) is 8.72. The number of esters is 2. The van der Waals surface area contributed by atoms with E-state index in [4.69, 9.17) is 9.47 Å². The number of carbonyl (C=O) groups excluding carboxylic acids is 2. The van der Waals surface area contributed by atoms with E-state index in [0.717, 1.165) is 24.0 Å². The van der Waals surface area contributed by atoms with Crippen molar-refractivity contribution in [1.29, 1.82) is 0 Å². The highest BCUT2D eigenvalue weighted by Crippen LogP contribution is 2.24. The molecule has 0 aliphatic carbocycles. The van der Waals surface area contributed by atoms with Crippen LogP contribution in [0.5, 0.6) is 5.75 Å². The standard InChI is InChI=1S/C41H56O4/c1-4-6-7-8-9-10-11-12-13-14-15-16-17-18-19-34-20-22-38(23-21-34)41(43)45-39-30-28-36(29-31-39)35-24-26-37(27-25-35)40(42)44-32-33(3)5-2/h20-31,33H,4-19,32H2,1-3H3. The number of ether oxygens (including phenoxy) is 2. The zero-order chi connectivity index (χ0) is 32.1. The van der Waals surface area contributed by atoms with E-state index in [1.54, 1.807) is 24.3 Å². The number of unbranched alkanes of at least 4 members (excludes halogenated alkanes) is 13. The first-order chi connectivity index (χ1) is 22.0. The molecule has 0 N–H and O–H groups in total. The quantitative estimate of drug-likeness (QED) is 0.0643. The summed E-state index contributed by atoms with van der Waals surface area (Å²) in [7, 11) is 0. The van der Waals surface area contributed by atoms with Crippen molar-refractivity contribution in [2.24, 2.45) is 5.92 Å². The average molecular weight is 613 g/mol. The Morgan fingerprint density at radius 2 is 1.00 bits per heavy atom. The maximum atomic E-state index is 12.7. The van der Waals surface area contributed by atoms with Crippen molar-refractivity contribution in [2.75, 3.05) is 6.61 Å². The van der Waals surface area contributed by atoms with E-state index in [1.807, 2.05) is 48.5 Å². The van der Waals surface area contributed by atoms with E-state index in [-0.39, 0.29) is 11.9 Å². The SMILES string of the molecule is CCCCCCCCCCCCCCCCc1ccc(C(=O)Oc2ccc(-c3ccc(C(=O)OCC(C)CC)cc3)cc2)cc1. The van der Waals surface area contributed by atoms with Gasteiger partial charge < -0.3 is 9.47 Å². The van der Waals surface area contributed by atoms with Gasteiger partial charge in [0.2, 0.25) is 0 Å². The molecule has 4 nitrogen and oxygen atoms in total. The van der Waals surface area contributed by atoms with E-state index < -0.39 is 0 Å². The predicted octanol–water partition coefficient (Wildman–Crippen LogP) is 11.8. The Bertz CT molecular complexity index is 1230.